The van der Waals surface area contributed by atoms with Crippen LogP contribution in [0.4, 0.5) is 11.4 Å². The van der Waals surface area contributed by atoms with Crippen molar-refractivity contribution < 1.29 is 24.6 Å². The van der Waals surface area contributed by atoms with Gasteiger partial charge in [0.1, 0.15) is 0 Å². The van der Waals surface area contributed by atoms with Crippen LogP contribution >= 0.6 is 0 Å². The van der Waals surface area contributed by atoms with E-state index in [0.717, 1.165) is 25.7 Å². The quantitative estimate of drug-likeness (QED) is 0.0542. The van der Waals surface area contributed by atoms with E-state index >= 15 is 0 Å². The Hall–Kier alpha value is -3.31. The van der Waals surface area contributed by atoms with Crippen LogP contribution in [0.15, 0.2) is 41.1 Å². The number of hydrogen-bond donors (Lipinski definition) is 4. The minimum absolute atomic E-state index is 0.0947. The number of aromatic nitrogens is 2. The first-order valence-corrected chi connectivity index (χ1v) is 15.0. The molecule has 1 aromatic carbocycles. The molecule has 0 aliphatic carbocycles. The molecule has 0 saturated heterocycles. The van der Waals surface area contributed by atoms with Crippen molar-refractivity contribution in [1.29, 1.82) is 0 Å². The number of benzene rings is 1. The average molecular weight is 574 g/mol. The minimum atomic E-state index is -0.977. The second-order valence-corrected chi connectivity index (χ2v) is 10.4. The molecule has 11 nitrogen and oxygen atoms in total. The average Bonchev–Trinajstić information content (AvgIpc) is 3.46. The van der Waals surface area contributed by atoms with Gasteiger partial charge in [-0.15, -0.1) is 0 Å². The Morgan fingerprint density at radius 2 is 1.68 bits per heavy atom. The van der Waals surface area contributed by atoms with E-state index in [0.29, 0.717) is 24.2 Å². The van der Waals surface area contributed by atoms with Gasteiger partial charge < -0.3 is 20.8 Å². The molecule has 0 bridgehead atoms. The summed E-state index contributed by atoms with van der Waals surface area (Å²) in [6, 6.07) is 2.17. The van der Waals surface area contributed by atoms with Crippen LogP contribution in [0.5, 0.6) is 0 Å². The molecule has 0 radical (unpaired) electrons. The Morgan fingerprint density at radius 1 is 1.00 bits per heavy atom. The van der Waals surface area contributed by atoms with Crippen LogP contribution < -0.4 is 10.6 Å². The van der Waals surface area contributed by atoms with Gasteiger partial charge in [-0.05, 0) is 42.1 Å². The van der Waals surface area contributed by atoms with Crippen molar-refractivity contribution in [2.45, 2.75) is 109 Å². The number of unbranched alkanes of at least 4 members (excludes halogenated alkanes) is 11. The maximum absolute atomic E-state index is 12.3. The highest BCUT2D eigenvalue weighted by Crippen LogP contribution is 2.28. The number of amides is 1. The van der Waals surface area contributed by atoms with Crippen LogP contribution in [0.3, 0.4) is 0 Å². The highest BCUT2D eigenvalue weighted by molar-refractivity contribution is 5.93. The van der Waals surface area contributed by atoms with Gasteiger partial charge in [0.2, 0.25) is 11.4 Å². The summed E-state index contributed by atoms with van der Waals surface area (Å²) in [5.41, 5.74) is 0.823. The van der Waals surface area contributed by atoms with E-state index in [1.54, 1.807) is 18.2 Å². The molecular weight excluding hydrogens is 526 g/mol. The van der Waals surface area contributed by atoms with E-state index in [9.17, 15) is 25.1 Å². The van der Waals surface area contributed by atoms with Gasteiger partial charge in [0, 0.05) is 19.0 Å². The summed E-state index contributed by atoms with van der Waals surface area (Å²) in [6.45, 7) is 2.46. The number of carbonyl (C=O) groups is 1. The molecule has 1 aromatic heterocycles. The highest BCUT2D eigenvalue weighted by atomic mass is 16.6. The number of allylic oxidation sites excluding steroid dienone is 3. The Bertz CT molecular complexity index is 1090. The standard InChI is InChI=1S/C30H47N5O6/c1-2-3-4-5-6-7-8-9-10-11-12-13-15-18-27(37)25(23-36)32-28(38)19-16-14-17-22-31-24-20-21-26(35(39)40)30-29(24)33-41-34-30/h12-13,15,18,20-21,25,27,31,36-37H,2-11,14,16-17,19,22-23H2,1H3,(H,32,38)/b13-12-,18-15+/t25-,27+/m0/s1. The van der Waals surface area contributed by atoms with Gasteiger partial charge in [-0.1, -0.05) is 89.0 Å². The molecule has 2 aromatic rings. The van der Waals surface area contributed by atoms with E-state index in [1.165, 1.54) is 57.4 Å². The van der Waals surface area contributed by atoms with Crippen molar-refractivity contribution in [2.24, 2.45) is 0 Å². The number of rotatable bonds is 23. The van der Waals surface area contributed by atoms with Gasteiger partial charge in [-0.3, -0.25) is 14.9 Å². The lowest BCUT2D eigenvalue weighted by atomic mass is 10.1. The van der Waals surface area contributed by atoms with E-state index in [1.807, 2.05) is 6.08 Å². The van der Waals surface area contributed by atoms with E-state index in [4.69, 9.17) is 0 Å². The highest BCUT2D eigenvalue weighted by Gasteiger charge is 2.20. The Kier molecular flexibility index (Phi) is 17.0. The second kappa shape index (κ2) is 20.5. The number of hydrogen-bond acceptors (Lipinski definition) is 9. The topological polar surface area (TPSA) is 164 Å². The molecule has 0 saturated carbocycles. The van der Waals surface area contributed by atoms with Crippen LogP contribution in [-0.4, -0.2) is 56.7 Å². The smallest absolute Gasteiger partial charge is 0.300 e. The monoisotopic (exact) mass is 573 g/mol. The number of nitrogens with zero attached hydrogens (tertiary/aromatic N) is 3. The number of fused-ring (bicyclic) bond motifs is 1. The lowest BCUT2D eigenvalue weighted by Gasteiger charge is -2.19. The molecule has 0 fully saturated rings. The normalized spacial score (nSPS) is 13.2. The lowest BCUT2D eigenvalue weighted by Crippen LogP contribution is -2.45. The maximum Gasteiger partial charge on any atom is 0.300 e. The fourth-order valence-electron chi connectivity index (χ4n) is 4.53. The molecule has 11 heteroatoms. The zero-order chi connectivity index (χ0) is 29.7. The third-order valence-corrected chi connectivity index (χ3v) is 6.97. The summed E-state index contributed by atoms with van der Waals surface area (Å²) in [5.74, 6) is -0.226. The summed E-state index contributed by atoms with van der Waals surface area (Å²) in [4.78, 5) is 22.8. The molecule has 0 aliphatic rings. The number of nitro benzene ring substituents is 1. The van der Waals surface area contributed by atoms with Gasteiger partial charge in [0.05, 0.1) is 29.4 Å². The first kappa shape index (κ1) is 33.9. The second-order valence-electron chi connectivity index (χ2n) is 10.4. The molecule has 41 heavy (non-hydrogen) atoms. The van der Waals surface area contributed by atoms with Crippen LogP contribution in [0, 0.1) is 10.1 Å². The Morgan fingerprint density at radius 3 is 2.39 bits per heavy atom. The molecule has 0 spiro atoms. The fraction of sp³-hybridized carbons (Fsp3) is 0.633. The zero-order valence-corrected chi connectivity index (χ0v) is 24.3. The van der Waals surface area contributed by atoms with Crippen molar-refractivity contribution in [3.63, 3.8) is 0 Å². The fourth-order valence-corrected chi connectivity index (χ4v) is 4.53. The molecule has 4 N–H and O–H groups in total. The molecule has 0 unspecified atom stereocenters. The van der Waals surface area contributed by atoms with E-state index in [-0.39, 0.29) is 30.1 Å². The van der Waals surface area contributed by atoms with Gasteiger partial charge in [-0.25, -0.2) is 4.63 Å². The van der Waals surface area contributed by atoms with E-state index < -0.39 is 17.1 Å². The first-order chi connectivity index (χ1) is 20.0. The number of nitrogens with one attached hydrogen (secondary N) is 2. The molecular formula is C30H47N5O6. The van der Waals surface area contributed by atoms with Gasteiger partial charge in [0.25, 0.3) is 0 Å². The first-order valence-electron chi connectivity index (χ1n) is 15.0. The van der Waals surface area contributed by atoms with Crippen molar-refractivity contribution in [3.05, 3.63) is 46.6 Å². The SMILES string of the molecule is CCCCCCCCCCC/C=C\C=C\[C@@H](O)[C@H](CO)NC(=O)CCCCCNc1ccc([N+](=O)[O-])c2nonc12. The Labute approximate surface area is 242 Å². The predicted octanol–water partition coefficient (Wildman–Crippen LogP) is 5.97. The number of non-ortho nitro benzene ring substituents is 1. The Balaban J connectivity index is 1.55. The summed E-state index contributed by atoms with van der Waals surface area (Å²) in [6.07, 6.45) is 21.5. The molecule has 0 aliphatic heterocycles. The maximum atomic E-state index is 12.3. The van der Waals surface area contributed by atoms with Crippen molar-refractivity contribution in [3.8, 4) is 0 Å². The lowest BCUT2D eigenvalue weighted by molar-refractivity contribution is -0.383. The number of nitro groups is 1. The summed E-state index contributed by atoms with van der Waals surface area (Å²) in [5, 5.41) is 44.3. The van der Waals surface area contributed by atoms with Crippen LogP contribution in [0.25, 0.3) is 11.0 Å². The third kappa shape index (κ3) is 13.3. The predicted molar refractivity (Wildman–Crippen MR) is 161 cm³/mol. The van der Waals surface area contributed by atoms with E-state index in [2.05, 4.69) is 38.6 Å². The molecule has 2 rings (SSSR count). The van der Waals surface area contributed by atoms with Crippen LogP contribution in [-0.2, 0) is 4.79 Å². The zero-order valence-electron chi connectivity index (χ0n) is 24.3. The number of aliphatic hydroxyl groups excluding tert-OH is 2. The number of anilines is 1. The van der Waals surface area contributed by atoms with Crippen molar-refractivity contribution >= 4 is 28.3 Å². The third-order valence-electron chi connectivity index (χ3n) is 6.97. The molecule has 1 amide bonds. The molecule has 2 atom stereocenters. The summed E-state index contributed by atoms with van der Waals surface area (Å²) in [7, 11) is 0. The number of carbonyl (C=O) groups excluding carboxylic acids is 1. The van der Waals surface area contributed by atoms with Gasteiger partial charge >= 0.3 is 5.69 Å². The van der Waals surface area contributed by atoms with Crippen molar-refractivity contribution in [2.75, 3.05) is 18.5 Å². The van der Waals surface area contributed by atoms with Crippen LogP contribution in [0.2, 0.25) is 0 Å². The largest absolute Gasteiger partial charge is 0.394 e. The van der Waals surface area contributed by atoms with Crippen molar-refractivity contribution in [1.82, 2.24) is 15.6 Å². The van der Waals surface area contributed by atoms with Gasteiger partial charge in [-0.2, -0.15) is 0 Å². The number of aliphatic hydroxyl groups is 2. The van der Waals surface area contributed by atoms with Crippen LogP contribution in [0.1, 0.15) is 96.8 Å². The summed E-state index contributed by atoms with van der Waals surface area (Å²) >= 11 is 0. The summed E-state index contributed by atoms with van der Waals surface area (Å²) < 4.78 is 4.66. The molecule has 228 valence electrons. The van der Waals surface area contributed by atoms with Gasteiger partial charge in [0.15, 0.2) is 5.52 Å². The molecule has 1 heterocycles. The minimum Gasteiger partial charge on any atom is -0.394 e.